The highest BCUT2D eigenvalue weighted by molar-refractivity contribution is 6.00. The van der Waals surface area contributed by atoms with Gasteiger partial charge >= 0.3 is 6.18 Å². The molecule has 1 unspecified atom stereocenters. The minimum Gasteiger partial charge on any atom is -0.405 e. The van der Waals surface area contributed by atoms with E-state index in [9.17, 15) is 27.2 Å². The van der Waals surface area contributed by atoms with Gasteiger partial charge in [0.1, 0.15) is 5.82 Å². The highest BCUT2D eigenvalue weighted by atomic mass is 19.4. The normalized spacial score (nSPS) is 18.8. The molecule has 1 atom stereocenters. The first-order chi connectivity index (χ1) is 24.0. The predicted molar refractivity (Wildman–Crippen MR) is 186 cm³/mol. The summed E-state index contributed by atoms with van der Waals surface area (Å²) in [4.78, 5) is 36.1. The lowest BCUT2D eigenvalue weighted by molar-refractivity contribution is -0.215. The summed E-state index contributed by atoms with van der Waals surface area (Å²) in [5.74, 6) is -1.88. The number of carbonyl (C=O) groups excluding carboxylic acids is 2. The maximum absolute atomic E-state index is 14.6. The average molecular weight is 689 g/mol. The molecule has 0 aliphatic carbocycles. The molecule has 4 aromatic rings. The lowest BCUT2D eigenvalue weighted by atomic mass is 9.85. The van der Waals surface area contributed by atoms with Crippen LogP contribution in [0.5, 0.6) is 0 Å². The number of likely N-dealkylation sites (tertiary alicyclic amines) is 1. The van der Waals surface area contributed by atoms with Crippen molar-refractivity contribution in [3.8, 4) is 11.3 Å². The maximum atomic E-state index is 14.6. The van der Waals surface area contributed by atoms with Crippen molar-refractivity contribution < 1.29 is 27.2 Å². The topological polar surface area (TPSA) is 123 Å². The SMILES string of the molecule is C=C(N=C/C=C\N)c1ccc(N2CCN(C(=O)CN3CCC(C(=O)Nc4ccc5[nH]nc(-c6ccc(F)cc6)c5c4)(C(F)(F)F)C3)CC2)cc1. The first-order valence-electron chi connectivity index (χ1n) is 16.0. The number of nitrogens with zero attached hydrogens (tertiary/aromatic N) is 5. The molecule has 2 saturated heterocycles. The number of nitrogens with two attached hydrogens (primary N) is 1. The van der Waals surface area contributed by atoms with Gasteiger partial charge in [-0.25, -0.2) is 4.39 Å². The van der Waals surface area contributed by atoms with E-state index in [4.69, 9.17) is 5.73 Å². The van der Waals surface area contributed by atoms with E-state index in [1.54, 1.807) is 35.4 Å². The molecular weight excluding hydrogens is 652 g/mol. The summed E-state index contributed by atoms with van der Waals surface area (Å²) in [6.45, 7) is 4.99. The average Bonchev–Trinajstić information content (AvgIpc) is 3.74. The van der Waals surface area contributed by atoms with Gasteiger partial charge in [-0.2, -0.15) is 18.3 Å². The Bertz CT molecular complexity index is 1930. The first-order valence-corrected chi connectivity index (χ1v) is 16.0. The van der Waals surface area contributed by atoms with E-state index < -0.39 is 36.3 Å². The number of rotatable bonds is 9. The Kier molecular flexibility index (Phi) is 9.73. The fourth-order valence-corrected chi connectivity index (χ4v) is 6.37. The second-order valence-corrected chi connectivity index (χ2v) is 12.4. The van der Waals surface area contributed by atoms with Gasteiger partial charge in [-0.1, -0.05) is 18.7 Å². The second-order valence-electron chi connectivity index (χ2n) is 12.4. The number of aromatic nitrogens is 2. The predicted octanol–water partition coefficient (Wildman–Crippen LogP) is 5.42. The van der Waals surface area contributed by atoms with Gasteiger partial charge in [0.25, 0.3) is 0 Å². The smallest absolute Gasteiger partial charge is 0.404 e. The molecule has 0 saturated carbocycles. The lowest BCUT2D eigenvalue weighted by Crippen LogP contribution is -2.52. The summed E-state index contributed by atoms with van der Waals surface area (Å²) < 4.78 is 57.4. The number of halogens is 4. The van der Waals surface area contributed by atoms with Crippen molar-refractivity contribution in [3.05, 3.63) is 97.0 Å². The van der Waals surface area contributed by atoms with E-state index in [1.807, 2.05) is 24.3 Å². The molecule has 0 radical (unpaired) electrons. The van der Waals surface area contributed by atoms with Crippen molar-refractivity contribution in [1.29, 1.82) is 0 Å². The minimum absolute atomic E-state index is 0.0572. The number of carbonyl (C=O) groups is 2. The number of hydrogen-bond donors (Lipinski definition) is 3. The van der Waals surface area contributed by atoms with Crippen molar-refractivity contribution in [2.24, 2.45) is 16.1 Å². The van der Waals surface area contributed by atoms with Crippen LogP contribution in [0, 0.1) is 11.2 Å². The van der Waals surface area contributed by atoms with Gasteiger partial charge in [0.05, 0.1) is 23.5 Å². The molecule has 4 N–H and O–H groups in total. The van der Waals surface area contributed by atoms with Crippen LogP contribution >= 0.6 is 0 Å². The van der Waals surface area contributed by atoms with Crippen LogP contribution in [0.4, 0.5) is 28.9 Å². The first kappa shape index (κ1) is 34.4. The number of alkyl halides is 3. The highest BCUT2D eigenvalue weighted by Crippen LogP contribution is 2.46. The number of anilines is 2. The van der Waals surface area contributed by atoms with Gasteiger partial charge in [-0.3, -0.25) is 24.6 Å². The Morgan fingerprint density at radius 2 is 1.74 bits per heavy atom. The number of fused-ring (bicyclic) bond motifs is 1. The Hall–Kier alpha value is -5.50. The van der Waals surface area contributed by atoms with E-state index in [0.29, 0.717) is 54.0 Å². The largest absolute Gasteiger partial charge is 0.405 e. The minimum atomic E-state index is -4.85. The molecule has 2 fully saturated rings. The van der Waals surface area contributed by atoms with Crippen LogP contribution in [0.2, 0.25) is 0 Å². The molecule has 260 valence electrons. The van der Waals surface area contributed by atoms with E-state index in [-0.39, 0.29) is 24.7 Å². The van der Waals surface area contributed by atoms with Crippen LogP contribution in [0.25, 0.3) is 27.9 Å². The molecule has 0 spiro atoms. The number of aromatic amines is 1. The third-order valence-corrected chi connectivity index (χ3v) is 9.25. The van der Waals surface area contributed by atoms with Crippen molar-refractivity contribution in [2.75, 3.05) is 56.0 Å². The van der Waals surface area contributed by atoms with Gasteiger partial charge in [0.15, 0.2) is 5.41 Å². The van der Waals surface area contributed by atoms with Crippen molar-refractivity contribution in [3.63, 3.8) is 0 Å². The molecule has 50 heavy (non-hydrogen) atoms. The molecule has 10 nitrogen and oxygen atoms in total. The number of benzene rings is 3. The molecule has 14 heteroatoms. The number of piperazine rings is 1. The van der Waals surface area contributed by atoms with Crippen LogP contribution in [0.1, 0.15) is 12.0 Å². The van der Waals surface area contributed by atoms with Gasteiger partial charge in [0.2, 0.25) is 11.8 Å². The van der Waals surface area contributed by atoms with Crippen molar-refractivity contribution in [1.82, 2.24) is 20.0 Å². The summed E-state index contributed by atoms with van der Waals surface area (Å²) in [6, 6.07) is 18.0. The molecule has 2 aliphatic heterocycles. The zero-order valence-electron chi connectivity index (χ0n) is 27.1. The summed E-state index contributed by atoms with van der Waals surface area (Å²) in [7, 11) is 0. The van der Waals surface area contributed by atoms with Gasteiger partial charge in [-0.05, 0) is 78.9 Å². The Labute approximate surface area is 285 Å². The number of allylic oxidation sites excluding steroid dienone is 1. The highest BCUT2D eigenvalue weighted by Gasteiger charge is 2.63. The zero-order valence-corrected chi connectivity index (χ0v) is 27.1. The Balaban J connectivity index is 1.06. The lowest BCUT2D eigenvalue weighted by Gasteiger charge is -2.37. The quantitative estimate of drug-likeness (QED) is 0.159. The fraction of sp³-hybridized carbons (Fsp3) is 0.278. The molecular formula is C36H36F4N8O2. The monoisotopic (exact) mass is 688 g/mol. The van der Waals surface area contributed by atoms with Crippen LogP contribution in [0.15, 0.2) is 90.6 Å². The van der Waals surface area contributed by atoms with Crippen LogP contribution in [0.3, 0.4) is 0 Å². The standard InChI is InChI=1S/C36H36F4N8O2/c1-24(42-15-2-14-41)25-5-10-29(11-6-25)47-17-19-48(20-18-47)32(49)22-46-16-13-35(23-46,36(38,39)40)34(50)43-28-9-12-31-30(21-28)33(45-44-31)26-3-7-27(37)8-4-26/h2-12,14-15,21H,1,13,16-20,22-23,41H2,(H,43,50)(H,44,45)/b14-2-,42-15?. The maximum Gasteiger partial charge on any atom is 0.404 e. The van der Waals surface area contributed by atoms with E-state index >= 15 is 0 Å². The van der Waals surface area contributed by atoms with Crippen molar-refractivity contribution >= 4 is 46.0 Å². The number of nitrogens with one attached hydrogen (secondary N) is 2. The van der Waals surface area contributed by atoms with Crippen LogP contribution in [-0.2, 0) is 9.59 Å². The molecule has 6 rings (SSSR count). The summed E-state index contributed by atoms with van der Waals surface area (Å²) in [5.41, 5.74) is 6.87. The molecule has 3 heterocycles. The van der Waals surface area contributed by atoms with E-state index in [1.165, 1.54) is 35.4 Å². The van der Waals surface area contributed by atoms with Gasteiger partial charge in [-0.15, -0.1) is 0 Å². The summed E-state index contributed by atoms with van der Waals surface area (Å²) >= 11 is 0. The molecule has 0 bridgehead atoms. The summed E-state index contributed by atoms with van der Waals surface area (Å²) in [6.07, 6.45) is -0.787. The van der Waals surface area contributed by atoms with Gasteiger partial charge < -0.3 is 20.9 Å². The van der Waals surface area contributed by atoms with Crippen LogP contribution in [-0.4, -0.2) is 90.0 Å². The molecule has 3 aromatic carbocycles. The molecule has 2 aliphatic rings. The Morgan fingerprint density at radius 3 is 2.42 bits per heavy atom. The Morgan fingerprint density at radius 1 is 1.02 bits per heavy atom. The van der Waals surface area contributed by atoms with E-state index in [0.717, 1.165) is 11.3 Å². The number of hydrogen-bond acceptors (Lipinski definition) is 7. The fourth-order valence-electron chi connectivity index (χ4n) is 6.37. The van der Waals surface area contributed by atoms with Gasteiger partial charge in [0, 0.05) is 67.8 Å². The molecule has 1 aromatic heterocycles. The van der Waals surface area contributed by atoms with Crippen LogP contribution < -0.4 is 16.0 Å². The third kappa shape index (κ3) is 7.10. The number of aliphatic imine (C=N–C) groups is 1. The molecule has 2 amide bonds. The van der Waals surface area contributed by atoms with Crippen molar-refractivity contribution in [2.45, 2.75) is 12.6 Å². The number of amides is 2. The third-order valence-electron chi connectivity index (χ3n) is 9.25. The number of H-pyrrole nitrogens is 1. The second kappa shape index (κ2) is 14.2. The summed E-state index contributed by atoms with van der Waals surface area (Å²) in [5, 5.41) is 10.1. The zero-order chi connectivity index (χ0) is 35.5. The van der Waals surface area contributed by atoms with E-state index in [2.05, 4.69) is 32.0 Å².